The number of nitrogens with two attached hydrogens (primary N) is 1. The lowest BCUT2D eigenvalue weighted by molar-refractivity contribution is 0.730. The van der Waals surface area contributed by atoms with Gasteiger partial charge >= 0.3 is 0 Å². The third kappa shape index (κ3) is 2.20. The van der Waals surface area contributed by atoms with Gasteiger partial charge in [0.2, 0.25) is 0 Å². The van der Waals surface area contributed by atoms with Gasteiger partial charge < -0.3 is 5.73 Å². The van der Waals surface area contributed by atoms with E-state index in [-0.39, 0.29) is 5.84 Å². The topological polar surface area (TPSA) is 49.9 Å². The van der Waals surface area contributed by atoms with E-state index in [1.807, 2.05) is 0 Å². The van der Waals surface area contributed by atoms with Gasteiger partial charge in [0.05, 0.1) is 4.88 Å². The molecule has 1 saturated carbocycles. The van der Waals surface area contributed by atoms with Gasteiger partial charge in [-0.05, 0) is 41.8 Å². The van der Waals surface area contributed by atoms with Gasteiger partial charge in [-0.15, -0.1) is 11.3 Å². The van der Waals surface area contributed by atoms with Crippen LogP contribution in [0.4, 0.5) is 0 Å². The van der Waals surface area contributed by atoms with Crippen molar-refractivity contribution < 1.29 is 0 Å². The monoisotopic (exact) mass is 244 g/mol. The van der Waals surface area contributed by atoms with E-state index in [0.717, 1.165) is 17.2 Å². The molecule has 0 amide bonds. The molecule has 0 aliphatic heterocycles. The van der Waals surface area contributed by atoms with Gasteiger partial charge in [0, 0.05) is 4.70 Å². The second kappa shape index (κ2) is 4.15. The number of amidine groups is 1. The van der Waals surface area contributed by atoms with Crippen LogP contribution >= 0.6 is 11.3 Å². The Morgan fingerprint density at radius 3 is 2.94 bits per heavy atom. The number of hydrogen-bond donors (Lipinski definition) is 2. The second-order valence-electron chi connectivity index (χ2n) is 4.84. The van der Waals surface area contributed by atoms with Crippen LogP contribution in [0.25, 0.3) is 10.1 Å². The van der Waals surface area contributed by atoms with Crippen LogP contribution in [0.1, 0.15) is 29.7 Å². The summed E-state index contributed by atoms with van der Waals surface area (Å²) in [6, 6.07) is 8.52. The SMILES string of the molecule is N=C(N)c1cc2c(CCC3CC3)cccc2s1. The normalized spacial score (nSPS) is 15.3. The standard InChI is InChI=1S/C14H16N2S/c15-14(16)13-8-11-10(7-6-9-4-5-9)2-1-3-12(11)17-13/h1-3,8-9H,4-7H2,(H3,15,16). The van der Waals surface area contributed by atoms with Crippen molar-refractivity contribution in [1.82, 2.24) is 0 Å². The van der Waals surface area contributed by atoms with Gasteiger partial charge in [-0.2, -0.15) is 0 Å². The van der Waals surface area contributed by atoms with Crippen molar-refractivity contribution >= 4 is 27.3 Å². The molecule has 2 nitrogen and oxygen atoms in total. The fourth-order valence-electron chi connectivity index (χ4n) is 2.24. The zero-order valence-corrected chi connectivity index (χ0v) is 10.5. The number of nitrogen functional groups attached to an aromatic ring is 1. The Labute approximate surface area is 105 Å². The summed E-state index contributed by atoms with van der Waals surface area (Å²) in [6.07, 6.45) is 5.30. The van der Waals surface area contributed by atoms with E-state index in [0.29, 0.717) is 0 Å². The molecule has 2 aromatic rings. The van der Waals surface area contributed by atoms with Crippen LogP contribution < -0.4 is 5.73 Å². The van der Waals surface area contributed by atoms with Gasteiger partial charge in [0.25, 0.3) is 0 Å². The van der Waals surface area contributed by atoms with Gasteiger partial charge in [0.1, 0.15) is 5.84 Å². The van der Waals surface area contributed by atoms with Gasteiger partial charge in [-0.25, -0.2) is 0 Å². The first-order valence-electron chi connectivity index (χ1n) is 6.10. The highest BCUT2D eigenvalue weighted by atomic mass is 32.1. The summed E-state index contributed by atoms with van der Waals surface area (Å²) >= 11 is 1.62. The summed E-state index contributed by atoms with van der Waals surface area (Å²) in [6.45, 7) is 0. The van der Waals surface area contributed by atoms with Crippen LogP contribution in [0.5, 0.6) is 0 Å². The number of nitrogens with one attached hydrogen (secondary N) is 1. The van der Waals surface area contributed by atoms with Crippen LogP contribution in [-0.4, -0.2) is 5.84 Å². The minimum Gasteiger partial charge on any atom is -0.383 e. The Hall–Kier alpha value is -1.35. The molecular weight excluding hydrogens is 228 g/mol. The average Bonchev–Trinajstić information content (AvgIpc) is 3.02. The average molecular weight is 244 g/mol. The zero-order chi connectivity index (χ0) is 11.8. The van der Waals surface area contributed by atoms with E-state index in [4.69, 9.17) is 11.1 Å². The number of aryl methyl sites for hydroxylation is 1. The lowest BCUT2D eigenvalue weighted by atomic mass is 10.0. The third-order valence-corrected chi connectivity index (χ3v) is 4.57. The largest absolute Gasteiger partial charge is 0.383 e. The molecule has 0 saturated heterocycles. The van der Waals surface area contributed by atoms with Crippen LogP contribution in [0, 0.1) is 11.3 Å². The van der Waals surface area contributed by atoms with Gasteiger partial charge in [-0.3, -0.25) is 5.41 Å². The minimum absolute atomic E-state index is 0.180. The quantitative estimate of drug-likeness (QED) is 0.627. The van der Waals surface area contributed by atoms with Crippen molar-refractivity contribution in [3.05, 3.63) is 34.7 Å². The first-order valence-corrected chi connectivity index (χ1v) is 6.91. The molecule has 0 radical (unpaired) electrons. The van der Waals surface area contributed by atoms with Crippen molar-refractivity contribution in [1.29, 1.82) is 5.41 Å². The van der Waals surface area contributed by atoms with Crippen LogP contribution in [0.15, 0.2) is 24.3 Å². The van der Waals surface area contributed by atoms with Crippen molar-refractivity contribution in [3.8, 4) is 0 Å². The fraction of sp³-hybridized carbons (Fsp3) is 0.357. The number of fused-ring (bicyclic) bond motifs is 1. The lowest BCUT2D eigenvalue weighted by Crippen LogP contribution is -2.08. The zero-order valence-electron chi connectivity index (χ0n) is 9.70. The summed E-state index contributed by atoms with van der Waals surface area (Å²) in [4.78, 5) is 0.888. The van der Waals surface area contributed by atoms with Crippen LogP contribution in [-0.2, 0) is 6.42 Å². The molecule has 1 aliphatic rings. The molecule has 0 unspecified atom stereocenters. The Bertz CT molecular complexity index is 567. The molecule has 0 spiro atoms. The van der Waals surface area contributed by atoms with Crippen LogP contribution in [0.3, 0.4) is 0 Å². The second-order valence-corrected chi connectivity index (χ2v) is 5.92. The van der Waals surface area contributed by atoms with E-state index in [9.17, 15) is 0 Å². The smallest absolute Gasteiger partial charge is 0.133 e. The summed E-state index contributed by atoms with van der Waals surface area (Å²) in [7, 11) is 0. The van der Waals surface area contributed by atoms with E-state index in [1.54, 1.807) is 11.3 Å². The predicted molar refractivity (Wildman–Crippen MR) is 73.9 cm³/mol. The number of benzene rings is 1. The molecule has 3 N–H and O–H groups in total. The molecule has 88 valence electrons. The number of hydrogen-bond acceptors (Lipinski definition) is 2. The molecule has 1 aromatic heterocycles. The first kappa shape index (κ1) is 10.8. The molecule has 0 bridgehead atoms. The highest BCUT2D eigenvalue weighted by Crippen LogP contribution is 2.35. The Morgan fingerprint density at radius 1 is 1.41 bits per heavy atom. The molecule has 1 aromatic carbocycles. The van der Waals surface area contributed by atoms with Crippen molar-refractivity contribution in [3.63, 3.8) is 0 Å². The molecule has 3 rings (SSSR count). The Balaban J connectivity index is 1.95. The third-order valence-electron chi connectivity index (χ3n) is 3.44. The Kier molecular flexibility index (Phi) is 2.63. The predicted octanol–water partition coefficient (Wildman–Crippen LogP) is 3.53. The highest BCUT2D eigenvalue weighted by Gasteiger charge is 2.21. The number of rotatable bonds is 4. The van der Waals surface area contributed by atoms with Gasteiger partial charge in [0.15, 0.2) is 0 Å². The maximum atomic E-state index is 7.51. The van der Waals surface area contributed by atoms with E-state index in [2.05, 4.69) is 24.3 Å². The Morgan fingerprint density at radius 2 is 2.24 bits per heavy atom. The van der Waals surface area contributed by atoms with E-state index in [1.165, 1.54) is 34.9 Å². The summed E-state index contributed by atoms with van der Waals surface area (Å²) < 4.78 is 1.25. The van der Waals surface area contributed by atoms with Crippen molar-refractivity contribution in [2.45, 2.75) is 25.7 Å². The lowest BCUT2D eigenvalue weighted by Gasteiger charge is -2.01. The number of thiophene rings is 1. The molecule has 1 heterocycles. The molecule has 0 atom stereocenters. The van der Waals surface area contributed by atoms with E-state index >= 15 is 0 Å². The maximum Gasteiger partial charge on any atom is 0.133 e. The van der Waals surface area contributed by atoms with Crippen molar-refractivity contribution in [2.24, 2.45) is 11.7 Å². The fourth-order valence-corrected chi connectivity index (χ4v) is 3.21. The van der Waals surface area contributed by atoms with Crippen LogP contribution in [0.2, 0.25) is 0 Å². The minimum atomic E-state index is 0.180. The summed E-state index contributed by atoms with van der Waals surface area (Å²) in [5.74, 6) is 1.15. The highest BCUT2D eigenvalue weighted by molar-refractivity contribution is 7.20. The molecule has 1 aliphatic carbocycles. The van der Waals surface area contributed by atoms with E-state index < -0.39 is 0 Å². The van der Waals surface area contributed by atoms with Crippen molar-refractivity contribution in [2.75, 3.05) is 0 Å². The maximum absolute atomic E-state index is 7.51. The molecule has 17 heavy (non-hydrogen) atoms. The summed E-state index contributed by atoms with van der Waals surface area (Å²) in [5.41, 5.74) is 6.97. The first-order chi connectivity index (χ1) is 8.24. The molecule has 1 fully saturated rings. The molecule has 3 heteroatoms. The summed E-state index contributed by atoms with van der Waals surface area (Å²) in [5, 5.41) is 8.80. The molecular formula is C14H16N2S. The van der Waals surface area contributed by atoms with Gasteiger partial charge in [-0.1, -0.05) is 25.0 Å².